The Labute approximate surface area is 150 Å². The van der Waals surface area contributed by atoms with E-state index in [4.69, 9.17) is 10.3 Å². The summed E-state index contributed by atoms with van der Waals surface area (Å²) in [6.45, 7) is 0. The van der Waals surface area contributed by atoms with Crippen molar-refractivity contribution < 1.29 is 18.4 Å². The second-order valence-electron chi connectivity index (χ2n) is 4.92. The van der Waals surface area contributed by atoms with Gasteiger partial charge in [0.2, 0.25) is 16.9 Å². The molecule has 3 rings (SSSR count). The molecule has 0 radical (unpaired) electrons. The Balaban J connectivity index is 1.53. The fraction of sp³-hybridized carbons (Fsp3) is 0.0667. The number of halogens is 1. The lowest BCUT2D eigenvalue weighted by atomic mass is 10.3. The van der Waals surface area contributed by atoms with Crippen LogP contribution in [-0.2, 0) is 4.79 Å². The number of amides is 3. The van der Waals surface area contributed by atoms with Gasteiger partial charge in [0.15, 0.2) is 5.76 Å². The van der Waals surface area contributed by atoms with Crippen molar-refractivity contribution in [2.75, 3.05) is 16.9 Å². The zero-order valence-electron chi connectivity index (χ0n) is 13.2. The van der Waals surface area contributed by atoms with E-state index in [1.54, 1.807) is 18.2 Å². The molecule has 26 heavy (non-hydrogen) atoms. The zero-order valence-corrected chi connectivity index (χ0v) is 14.0. The maximum atomic E-state index is 13.4. The summed E-state index contributed by atoms with van der Waals surface area (Å²) < 4.78 is 19.8. The van der Waals surface area contributed by atoms with Gasteiger partial charge in [-0.2, -0.15) is 0 Å². The third kappa shape index (κ3) is 4.00. The predicted molar refractivity (Wildman–Crippen MR) is 92.2 cm³/mol. The first-order chi connectivity index (χ1) is 12.5. The molecule has 0 aliphatic rings. The van der Waals surface area contributed by atoms with Crippen molar-refractivity contribution in [3.8, 4) is 11.6 Å². The number of nitrogens with one attached hydrogen (secondary N) is 2. The van der Waals surface area contributed by atoms with Crippen molar-refractivity contribution >= 4 is 29.4 Å². The first kappa shape index (κ1) is 17.5. The number of para-hydroxylation sites is 1. The number of nitrogens with zero attached hydrogens (tertiary/aromatic N) is 3. The van der Waals surface area contributed by atoms with E-state index >= 15 is 0 Å². The number of carbonyl (C=O) groups is 2. The Morgan fingerprint density at radius 3 is 2.77 bits per heavy atom. The van der Waals surface area contributed by atoms with Gasteiger partial charge in [-0.3, -0.25) is 10.1 Å². The molecule has 0 aliphatic heterocycles. The van der Waals surface area contributed by atoms with E-state index in [0.29, 0.717) is 11.6 Å². The lowest BCUT2D eigenvalue weighted by Gasteiger charge is -2.07. The Hall–Kier alpha value is -3.34. The van der Waals surface area contributed by atoms with E-state index in [1.807, 2.05) is 0 Å². The fourth-order valence-corrected chi connectivity index (χ4v) is 2.61. The van der Waals surface area contributed by atoms with E-state index in [0.717, 1.165) is 11.8 Å². The quantitative estimate of drug-likeness (QED) is 0.458. The number of rotatable bonds is 5. The lowest BCUT2D eigenvalue weighted by molar-refractivity contribution is -0.117. The third-order valence-corrected chi connectivity index (χ3v) is 4.06. The smallest absolute Gasteiger partial charge is 0.325 e. The lowest BCUT2D eigenvalue weighted by Crippen LogP contribution is -2.35. The van der Waals surface area contributed by atoms with E-state index in [-0.39, 0.29) is 16.6 Å². The first-order valence-corrected chi connectivity index (χ1v) is 8.25. The Morgan fingerprint density at radius 1 is 1.23 bits per heavy atom. The van der Waals surface area contributed by atoms with Gasteiger partial charge in [-0.25, -0.2) is 13.9 Å². The highest BCUT2D eigenvalue weighted by atomic mass is 32.2. The minimum atomic E-state index is -0.841. The average Bonchev–Trinajstić information content (AvgIpc) is 3.25. The molecule has 4 N–H and O–H groups in total. The van der Waals surface area contributed by atoms with Crippen molar-refractivity contribution in [1.29, 1.82) is 0 Å². The summed E-state index contributed by atoms with van der Waals surface area (Å²) in [6, 6.07) is 8.12. The summed E-state index contributed by atoms with van der Waals surface area (Å²) in [5.41, 5.74) is -0.0322. The molecule has 0 saturated heterocycles. The molecule has 3 amide bonds. The number of benzene rings is 1. The van der Waals surface area contributed by atoms with Gasteiger partial charge in [0.05, 0.1) is 17.7 Å². The molecule has 2 heterocycles. The molecule has 9 nitrogen and oxygen atoms in total. The molecule has 0 saturated carbocycles. The van der Waals surface area contributed by atoms with Crippen LogP contribution in [0, 0.1) is 5.82 Å². The minimum Gasteiger partial charge on any atom is -0.461 e. The standard InChI is InChI=1S/C15H13FN6O3S/c16-9-4-1-2-5-10(9)18-14(24)19-12(23)8-26-15-21-20-13(22(15)17)11-6-3-7-25-11/h1-7H,8,17H2,(H2,18,19,23,24). The van der Waals surface area contributed by atoms with Gasteiger partial charge in [0.25, 0.3) is 0 Å². The number of nitrogens with two attached hydrogens (primary N) is 1. The average molecular weight is 376 g/mol. The molecule has 0 aliphatic carbocycles. The highest BCUT2D eigenvalue weighted by molar-refractivity contribution is 7.99. The van der Waals surface area contributed by atoms with Gasteiger partial charge < -0.3 is 15.6 Å². The van der Waals surface area contributed by atoms with Crippen LogP contribution in [0.5, 0.6) is 0 Å². The molecule has 11 heteroatoms. The van der Waals surface area contributed by atoms with Gasteiger partial charge >= 0.3 is 6.03 Å². The molecule has 1 aromatic carbocycles. The number of carbonyl (C=O) groups excluding carboxylic acids is 2. The Bertz CT molecular complexity index is 927. The Morgan fingerprint density at radius 2 is 2.04 bits per heavy atom. The van der Waals surface area contributed by atoms with E-state index in [1.165, 1.54) is 29.1 Å². The first-order valence-electron chi connectivity index (χ1n) is 7.27. The van der Waals surface area contributed by atoms with Crippen LogP contribution in [0.2, 0.25) is 0 Å². The predicted octanol–water partition coefficient (Wildman–Crippen LogP) is 1.83. The SMILES string of the molecule is Nn1c(SCC(=O)NC(=O)Nc2ccccc2F)nnc1-c1ccco1. The largest absolute Gasteiger partial charge is 0.461 e. The second kappa shape index (κ2) is 7.70. The van der Waals surface area contributed by atoms with Crippen molar-refractivity contribution in [2.45, 2.75) is 5.16 Å². The molecular formula is C15H13FN6O3S. The number of aromatic nitrogens is 3. The number of nitrogen functional groups attached to an aromatic ring is 1. The molecule has 0 atom stereocenters. The molecule has 0 bridgehead atoms. The number of urea groups is 1. The summed E-state index contributed by atoms with van der Waals surface area (Å²) >= 11 is 0.981. The maximum absolute atomic E-state index is 13.4. The summed E-state index contributed by atoms with van der Waals surface area (Å²) in [4.78, 5) is 23.6. The zero-order chi connectivity index (χ0) is 18.5. The Kier molecular flexibility index (Phi) is 5.17. The molecule has 0 unspecified atom stereocenters. The number of hydrogen-bond donors (Lipinski definition) is 3. The highest BCUT2D eigenvalue weighted by Crippen LogP contribution is 2.21. The van der Waals surface area contributed by atoms with Gasteiger partial charge in [-0.05, 0) is 24.3 Å². The van der Waals surface area contributed by atoms with Crippen molar-refractivity contribution in [2.24, 2.45) is 0 Å². The number of furan rings is 1. The maximum Gasteiger partial charge on any atom is 0.325 e. The van der Waals surface area contributed by atoms with Crippen LogP contribution < -0.4 is 16.5 Å². The molecule has 0 spiro atoms. The van der Waals surface area contributed by atoms with Crippen molar-refractivity contribution in [1.82, 2.24) is 20.2 Å². The number of thioether (sulfide) groups is 1. The second-order valence-corrected chi connectivity index (χ2v) is 5.87. The topological polar surface area (TPSA) is 128 Å². The van der Waals surface area contributed by atoms with Gasteiger partial charge in [-0.15, -0.1) is 10.2 Å². The van der Waals surface area contributed by atoms with Gasteiger partial charge in [0.1, 0.15) is 5.82 Å². The normalized spacial score (nSPS) is 10.5. The van der Waals surface area contributed by atoms with Crippen molar-refractivity contribution in [3.63, 3.8) is 0 Å². The van der Waals surface area contributed by atoms with Crippen LogP contribution in [0.15, 0.2) is 52.2 Å². The number of imide groups is 1. The highest BCUT2D eigenvalue weighted by Gasteiger charge is 2.16. The fourth-order valence-electron chi connectivity index (χ4n) is 1.96. The monoisotopic (exact) mass is 376 g/mol. The van der Waals surface area contributed by atoms with Crippen molar-refractivity contribution in [3.05, 3.63) is 48.5 Å². The van der Waals surface area contributed by atoms with Gasteiger partial charge in [0, 0.05) is 0 Å². The molecule has 2 aromatic heterocycles. The van der Waals surface area contributed by atoms with Crippen LogP contribution in [0.25, 0.3) is 11.6 Å². The summed E-state index contributed by atoms with van der Waals surface area (Å²) in [5.74, 6) is 5.24. The van der Waals surface area contributed by atoms with E-state index in [2.05, 4.69) is 20.8 Å². The summed E-state index contributed by atoms with van der Waals surface area (Å²) in [6.07, 6.45) is 1.47. The third-order valence-electron chi connectivity index (χ3n) is 3.11. The minimum absolute atomic E-state index is 0.0322. The van der Waals surface area contributed by atoms with E-state index < -0.39 is 17.8 Å². The molecule has 3 aromatic rings. The van der Waals surface area contributed by atoms with Crippen LogP contribution >= 0.6 is 11.8 Å². The van der Waals surface area contributed by atoms with Gasteiger partial charge in [-0.1, -0.05) is 23.9 Å². The van der Waals surface area contributed by atoms with Crippen LogP contribution in [0.4, 0.5) is 14.9 Å². The molecular weight excluding hydrogens is 363 g/mol. The summed E-state index contributed by atoms with van der Waals surface area (Å²) in [5, 5.41) is 12.3. The molecule has 0 fully saturated rings. The van der Waals surface area contributed by atoms with Crippen LogP contribution in [0.1, 0.15) is 0 Å². The molecule has 134 valence electrons. The number of hydrogen-bond acceptors (Lipinski definition) is 7. The van der Waals surface area contributed by atoms with Crippen LogP contribution in [-0.4, -0.2) is 32.6 Å². The van der Waals surface area contributed by atoms with Crippen LogP contribution in [0.3, 0.4) is 0 Å². The number of anilines is 1. The van der Waals surface area contributed by atoms with E-state index in [9.17, 15) is 14.0 Å². The summed E-state index contributed by atoms with van der Waals surface area (Å²) in [7, 11) is 0.